The molecule has 1 aromatic heterocycles. The van der Waals surface area contributed by atoms with E-state index in [1.165, 1.54) is 11.6 Å². The van der Waals surface area contributed by atoms with Crippen molar-refractivity contribution in [2.24, 2.45) is 7.05 Å². The van der Waals surface area contributed by atoms with Gasteiger partial charge in [0.15, 0.2) is 6.29 Å². The number of aromatic nitrogens is 1. The first kappa shape index (κ1) is 9.45. The lowest BCUT2D eigenvalue weighted by molar-refractivity contribution is -0.266. The minimum absolute atomic E-state index is 0.309. The Bertz CT molecular complexity index is 599. The van der Waals surface area contributed by atoms with Gasteiger partial charge in [-0.25, -0.2) is 0 Å². The van der Waals surface area contributed by atoms with Gasteiger partial charge in [0.25, 0.3) is 5.56 Å². The Balaban J connectivity index is 3.09. The normalized spacial score (nSPS) is 10.5. The predicted octanol–water partition coefficient (Wildman–Crippen LogP) is 0.425. The van der Waals surface area contributed by atoms with Crippen molar-refractivity contribution in [1.29, 1.82) is 0 Å². The summed E-state index contributed by atoms with van der Waals surface area (Å²) in [6.07, 6.45) is 0.317. The standard InChI is InChI=1S/C11H9NO3/c1-12-9-5-3-2-4-7(9)10(14)8(6-13)11(12)15/h2-6,14H,1H3/p-1. The number of rotatable bonds is 1. The van der Waals surface area contributed by atoms with E-state index in [1.54, 1.807) is 24.3 Å². The summed E-state index contributed by atoms with van der Waals surface area (Å²) in [5.41, 5.74) is -0.317. The lowest BCUT2D eigenvalue weighted by Crippen LogP contribution is -2.23. The zero-order valence-electron chi connectivity index (χ0n) is 8.06. The number of carbonyl (C=O) groups is 1. The Labute approximate surface area is 85.4 Å². The van der Waals surface area contributed by atoms with Crippen LogP contribution in [0, 0.1) is 0 Å². The molecule has 2 rings (SSSR count). The summed E-state index contributed by atoms with van der Waals surface area (Å²) < 4.78 is 1.31. The molecule has 0 bridgehead atoms. The molecule has 0 aliphatic carbocycles. The van der Waals surface area contributed by atoms with Gasteiger partial charge in [-0.3, -0.25) is 9.59 Å². The first-order valence-electron chi connectivity index (χ1n) is 4.40. The summed E-state index contributed by atoms with van der Waals surface area (Å²) in [4.78, 5) is 22.2. The molecule has 0 saturated heterocycles. The van der Waals surface area contributed by atoms with E-state index >= 15 is 0 Å². The maximum atomic E-state index is 11.7. The summed E-state index contributed by atoms with van der Waals surface area (Å²) in [6.45, 7) is 0. The van der Waals surface area contributed by atoms with E-state index in [9.17, 15) is 14.7 Å². The van der Waals surface area contributed by atoms with Crippen molar-refractivity contribution in [2.45, 2.75) is 0 Å². The largest absolute Gasteiger partial charge is 0.871 e. The maximum absolute atomic E-state index is 11.7. The number of pyridine rings is 1. The van der Waals surface area contributed by atoms with Crippen LogP contribution in [0.3, 0.4) is 0 Å². The highest BCUT2D eigenvalue weighted by atomic mass is 16.3. The summed E-state index contributed by atoms with van der Waals surface area (Å²) in [6, 6.07) is 6.71. The lowest BCUT2D eigenvalue weighted by Gasteiger charge is -2.15. The average Bonchev–Trinajstić information content (AvgIpc) is 2.27. The molecule has 1 heterocycles. The molecule has 0 fully saturated rings. The summed E-state index contributed by atoms with van der Waals surface area (Å²) in [5.74, 6) is -0.497. The van der Waals surface area contributed by atoms with Gasteiger partial charge in [0, 0.05) is 7.05 Å². The number of fused-ring (bicyclic) bond motifs is 1. The monoisotopic (exact) mass is 202 g/mol. The third-order valence-corrected chi connectivity index (χ3v) is 2.41. The van der Waals surface area contributed by atoms with Crippen molar-refractivity contribution in [3.8, 4) is 5.75 Å². The van der Waals surface area contributed by atoms with E-state index in [0.717, 1.165) is 0 Å². The first-order chi connectivity index (χ1) is 7.16. The van der Waals surface area contributed by atoms with Crippen LogP contribution in [0.1, 0.15) is 10.4 Å². The van der Waals surface area contributed by atoms with E-state index in [4.69, 9.17) is 0 Å². The molecule has 1 aromatic carbocycles. The Morgan fingerprint density at radius 1 is 1.33 bits per heavy atom. The van der Waals surface area contributed by atoms with Gasteiger partial charge >= 0.3 is 0 Å². The fourth-order valence-electron chi connectivity index (χ4n) is 1.59. The maximum Gasteiger partial charge on any atom is 0.260 e. The number of hydrogen-bond donors (Lipinski definition) is 0. The van der Waals surface area contributed by atoms with Gasteiger partial charge in [-0.1, -0.05) is 23.9 Å². The third kappa shape index (κ3) is 1.22. The van der Waals surface area contributed by atoms with E-state index < -0.39 is 11.3 Å². The molecule has 0 unspecified atom stereocenters. The molecule has 0 atom stereocenters. The highest BCUT2D eigenvalue weighted by Gasteiger charge is 2.07. The van der Waals surface area contributed by atoms with Crippen LogP contribution >= 0.6 is 0 Å². The Hall–Kier alpha value is -2.10. The first-order valence-corrected chi connectivity index (χ1v) is 4.40. The van der Waals surface area contributed by atoms with Crippen LogP contribution in [0.25, 0.3) is 10.9 Å². The summed E-state index contributed by atoms with van der Waals surface area (Å²) >= 11 is 0. The van der Waals surface area contributed by atoms with Crippen molar-refractivity contribution in [2.75, 3.05) is 0 Å². The van der Waals surface area contributed by atoms with E-state index in [-0.39, 0.29) is 5.56 Å². The zero-order chi connectivity index (χ0) is 11.0. The molecule has 76 valence electrons. The van der Waals surface area contributed by atoms with Crippen LogP contribution in [-0.2, 0) is 7.05 Å². The van der Waals surface area contributed by atoms with E-state index in [0.29, 0.717) is 17.2 Å². The molecule has 0 aliphatic rings. The highest BCUT2D eigenvalue weighted by molar-refractivity contribution is 5.93. The van der Waals surface area contributed by atoms with Gasteiger partial charge in [-0.05, 0) is 11.5 Å². The number of aldehydes is 1. The predicted molar refractivity (Wildman–Crippen MR) is 54.0 cm³/mol. The second-order valence-corrected chi connectivity index (χ2v) is 3.24. The summed E-state index contributed by atoms with van der Waals surface area (Å²) in [7, 11) is 1.54. The SMILES string of the molecule is Cn1c(=O)c(C=O)c([O-])c2ccccc21. The number of para-hydroxylation sites is 1. The number of aryl methyl sites for hydroxylation is 1. The molecule has 0 saturated carbocycles. The Morgan fingerprint density at radius 3 is 2.67 bits per heavy atom. The molecule has 4 heteroatoms. The van der Waals surface area contributed by atoms with E-state index in [2.05, 4.69) is 0 Å². The average molecular weight is 202 g/mol. The second-order valence-electron chi connectivity index (χ2n) is 3.24. The van der Waals surface area contributed by atoms with Crippen LogP contribution < -0.4 is 10.7 Å². The summed E-state index contributed by atoms with van der Waals surface area (Å²) in [5, 5.41) is 12.1. The molecule has 0 aliphatic heterocycles. The van der Waals surface area contributed by atoms with E-state index in [1.807, 2.05) is 0 Å². The van der Waals surface area contributed by atoms with Crippen LogP contribution in [0.5, 0.6) is 5.75 Å². The molecule has 0 spiro atoms. The molecule has 0 N–H and O–H groups in total. The van der Waals surface area contributed by atoms with Crippen molar-refractivity contribution in [1.82, 2.24) is 4.57 Å². The van der Waals surface area contributed by atoms with Gasteiger partial charge < -0.3 is 9.67 Å². The fraction of sp³-hybridized carbons (Fsp3) is 0.0909. The topological polar surface area (TPSA) is 62.1 Å². The van der Waals surface area contributed by atoms with Crippen molar-refractivity contribution < 1.29 is 9.90 Å². The molecule has 2 aromatic rings. The van der Waals surface area contributed by atoms with Crippen LogP contribution in [0.15, 0.2) is 29.1 Å². The van der Waals surface area contributed by atoms with Crippen LogP contribution in [0.2, 0.25) is 0 Å². The quantitative estimate of drug-likeness (QED) is 0.630. The van der Waals surface area contributed by atoms with Crippen molar-refractivity contribution >= 4 is 17.2 Å². The number of carbonyl (C=O) groups excluding carboxylic acids is 1. The molecule has 0 radical (unpaired) electrons. The number of hydrogen-bond acceptors (Lipinski definition) is 3. The van der Waals surface area contributed by atoms with Gasteiger partial charge in [0.05, 0.1) is 11.1 Å². The smallest absolute Gasteiger partial charge is 0.260 e. The fourth-order valence-corrected chi connectivity index (χ4v) is 1.59. The van der Waals surface area contributed by atoms with Crippen LogP contribution in [0.4, 0.5) is 0 Å². The lowest BCUT2D eigenvalue weighted by atomic mass is 10.1. The third-order valence-electron chi connectivity index (χ3n) is 2.41. The molecule has 4 nitrogen and oxygen atoms in total. The van der Waals surface area contributed by atoms with Crippen LogP contribution in [-0.4, -0.2) is 10.9 Å². The molecular formula is C11H8NO3-. The van der Waals surface area contributed by atoms with Crippen molar-refractivity contribution in [3.63, 3.8) is 0 Å². The molecular weight excluding hydrogens is 194 g/mol. The van der Waals surface area contributed by atoms with Gasteiger partial charge in [-0.2, -0.15) is 0 Å². The highest BCUT2D eigenvalue weighted by Crippen LogP contribution is 2.21. The van der Waals surface area contributed by atoms with Gasteiger partial charge in [0.1, 0.15) is 0 Å². The number of nitrogens with zero attached hydrogens (tertiary/aromatic N) is 1. The Kier molecular flexibility index (Phi) is 2.04. The molecule has 0 amide bonds. The minimum atomic E-state index is -0.547. The number of benzene rings is 1. The van der Waals surface area contributed by atoms with Gasteiger partial charge in [0.2, 0.25) is 0 Å². The Morgan fingerprint density at radius 2 is 2.00 bits per heavy atom. The molecule has 15 heavy (non-hydrogen) atoms. The van der Waals surface area contributed by atoms with Crippen molar-refractivity contribution in [3.05, 3.63) is 40.2 Å². The minimum Gasteiger partial charge on any atom is -0.871 e. The second kappa shape index (κ2) is 3.24. The zero-order valence-corrected chi connectivity index (χ0v) is 8.06. The van der Waals surface area contributed by atoms with Gasteiger partial charge in [-0.15, -0.1) is 0 Å².